The first-order chi connectivity index (χ1) is 9.60. The lowest BCUT2D eigenvalue weighted by Crippen LogP contribution is -2.44. The number of amides is 3. The van der Waals surface area contributed by atoms with Crippen molar-refractivity contribution >= 4 is 11.9 Å². The quantitative estimate of drug-likeness (QED) is 0.691. The number of carbonyl (C=O) groups excluding carboxylic acids is 2. The minimum absolute atomic E-state index is 0.231. The number of carbonyl (C=O) groups is 2. The molecule has 3 atom stereocenters. The van der Waals surface area contributed by atoms with Crippen LogP contribution in [0.1, 0.15) is 32.6 Å². The number of hydrogen-bond donors (Lipinski definition) is 3. The fourth-order valence-corrected chi connectivity index (χ4v) is 3.39. The van der Waals surface area contributed by atoms with Crippen LogP contribution in [-0.2, 0) is 4.79 Å². The molecule has 0 radical (unpaired) electrons. The van der Waals surface area contributed by atoms with Crippen molar-refractivity contribution in [2.75, 3.05) is 26.2 Å². The van der Waals surface area contributed by atoms with E-state index in [9.17, 15) is 9.59 Å². The van der Waals surface area contributed by atoms with Gasteiger partial charge in [-0.15, -0.1) is 0 Å². The van der Waals surface area contributed by atoms with Gasteiger partial charge >= 0.3 is 6.03 Å². The Labute approximate surface area is 120 Å². The standard InChI is InChI=1S/C14H26N4O2/c1-2-6-16-14(20)17-13(19)9-18-7-10-4-3-5-12(15)11(10)8-18/h10-12H,2-9,15H2,1H3,(H2,16,17,19,20). The highest BCUT2D eigenvalue weighted by Crippen LogP contribution is 2.35. The molecule has 0 aromatic heterocycles. The molecule has 2 rings (SSSR count). The second-order valence-corrected chi connectivity index (χ2v) is 6.02. The smallest absolute Gasteiger partial charge is 0.321 e. The summed E-state index contributed by atoms with van der Waals surface area (Å²) in [5.74, 6) is 0.914. The molecule has 20 heavy (non-hydrogen) atoms. The Hall–Kier alpha value is -1.14. The van der Waals surface area contributed by atoms with E-state index < -0.39 is 6.03 Å². The van der Waals surface area contributed by atoms with Crippen LogP contribution in [0, 0.1) is 11.8 Å². The van der Waals surface area contributed by atoms with Gasteiger partial charge in [0.1, 0.15) is 0 Å². The van der Waals surface area contributed by atoms with Crippen LogP contribution in [0.15, 0.2) is 0 Å². The van der Waals surface area contributed by atoms with Crippen LogP contribution >= 0.6 is 0 Å². The molecule has 0 aromatic carbocycles. The van der Waals surface area contributed by atoms with E-state index in [1.807, 2.05) is 6.92 Å². The maximum absolute atomic E-state index is 11.8. The van der Waals surface area contributed by atoms with Crippen molar-refractivity contribution in [2.45, 2.75) is 38.6 Å². The predicted octanol–water partition coefficient (Wildman–Crippen LogP) is 0.281. The Balaban J connectivity index is 1.74. The van der Waals surface area contributed by atoms with E-state index in [0.29, 0.717) is 24.9 Å². The lowest BCUT2D eigenvalue weighted by atomic mass is 9.78. The molecule has 0 spiro atoms. The van der Waals surface area contributed by atoms with Crippen molar-refractivity contribution in [3.63, 3.8) is 0 Å². The SMILES string of the molecule is CCCNC(=O)NC(=O)CN1CC2CCCC(N)C2C1. The molecule has 1 saturated heterocycles. The van der Waals surface area contributed by atoms with E-state index in [4.69, 9.17) is 5.73 Å². The van der Waals surface area contributed by atoms with Crippen molar-refractivity contribution in [1.82, 2.24) is 15.5 Å². The van der Waals surface area contributed by atoms with Gasteiger partial charge < -0.3 is 11.1 Å². The van der Waals surface area contributed by atoms with Crippen LogP contribution in [-0.4, -0.2) is 49.1 Å². The van der Waals surface area contributed by atoms with E-state index in [0.717, 1.165) is 25.9 Å². The Bertz CT molecular complexity index is 361. The largest absolute Gasteiger partial charge is 0.338 e. The van der Waals surface area contributed by atoms with Gasteiger partial charge in [0, 0.05) is 25.7 Å². The number of fused-ring (bicyclic) bond motifs is 1. The fraction of sp³-hybridized carbons (Fsp3) is 0.857. The highest BCUT2D eigenvalue weighted by molar-refractivity contribution is 5.95. The Morgan fingerprint density at radius 1 is 1.30 bits per heavy atom. The highest BCUT2D eigenvalue weighted by Gasteiger charge is 2.39. The summed E-state index contributed by atoms with van der Waals surface area (Å²) < 4.78 is 0. The van der Waals surface area contributed by atoms with Gasteiger partial charge in [0.2, 0.25) is 5.91 Å². The summed E-state index contributed by atoms with van der Waals surface area (Å²) in [7, 11) is 0. The molecular formula is C14H26N4O2. The van der Waals surface area contributed by atoms with Crippen LogP contribution in [0.4, 0.5) is 4.79 Å². The first kappa shape index (κ1) is 15.3. The summed E-state index contributed by atoms with van der Waals surface area (Å²) in [4.78, 5) is 25.4. The number of imide groups is 1. The van der Waals surface area contributed by atoms with Gasteiger partial charge in [-0.2, -0.15) is 0 Å². The maximum Gasteiger partial charge on any atom is 0.321 e. The van der Waals surface area contributed by atoms with Crippen molar-refractivity contribution in [1.29, 1.82) is 0 Å². The van der Waals surface area contributed by atoms with Crippen LogP contribution in [0.5, 0.6) is 0 Å². The molecule has 2 aliphatic rings. The summed E-state index contributed by atoms with van der Waals surface area (Å²) in [6.45, 7) is 4.66. The van der Waals surface area contributed by atoms with E-state index in [1.54, 1.807) is 0 Å². The third-order valence-corrected chi connectivity index (χ3v) is 4.39. The maximum atomic E-state index is 11.8. The number of nitrogens with zero attached hydrogens (tertiary/aromatic N) is 1. The highest BCUT2D eigenvalue weighted by atomic mass is 16.2. The summed E-state index contributed by atoms with van der Waals surface area (Å²) in [5.41, 5.74) is 6.16. The van der Waals surface area contributed by atoms with Gasteiger partial charge in [0.15, 0.2) is 0 Å². The minimum Gasteiger partial charge on any atom is -0.338 e. The van der Waals surface area contributed by atoms with Crippen LogP contribution < -0.4 is 16.4 Å². The van der Waals surface area contributed by atoms with E-state index in [-0.39, 0.29) is 11.9 Å². The molecule has 0 aromatic rings. The molecule has 4 N–H and O–H groups in total. The molecule has 2 fully saturated rings. The average Bonchev–Trinajstić information content (AvgIpc) is 2.80. The Kier molecular flexibility index (Phi) is 5.37. The molecule has 6 nitrogen and oxygen atoms in total. The number of likely N-dealkylation sites (tertiary alicyclic amines) is 1. The van der Waals surface area contributed by atoms with E-state index in [1.165, 1.54) is 12.8 Å². The zero-order valence-corrected chi connectivity index (χ0v) is 12.2. The molecule has 3 amide bonds. The number of urea groups is 1. The lowest BCUT2D eigenvalue weighted by Gasteiger charge is -2.29. The van der Waals surface area contributed by atoms with E-state index in [2.05, 4.69) is 15.5 Å². The van der Waals surface area contributed by atoms with Gasteiger partial charge in [-0.05, 0) is 31.1 Å². The molecule has 6 heteroatoms. The Morgan fingerprint density at radius 3 is 2.80 bits per heavy atom. The van der Waals surface area contributed by atoms with E-state index >= 15 is 0 Å². The van der Waals surface area contributed by atoms with Crippen LogP contribution in [0.25, 0.3) is 0 Å². The zero-order valence-electron chi connectivity index (χ0n) is 12.2. The van der Waals surface area contributed by atoms with Gasteiger partial charge in [-0.1, -0.05) is 13.3 Å². The van der Waals surface area contributed by atoms with Gasteiger partial charge in [-0.25, -0.2) is 4.79 Å². The first-order valence-electron chi connectivity index (χ1n) is 7.65. The molecule has 1 aliphatic carbocycles. The van der Waals surface area contributed by atoms with Crippen molar-refractivity contribution in [3.8, 4) is 0 Å². The van der Waals surface area contributed by atoms with Gasteiger partial charge in [-0.3, -0.25) is 15.0 Å². The topological polar surface area (TPSA) is 87.5 Å². The summed E-state index contributed by atoms with van der Waals surface area (Å²) >= 11 is 0. The third-order valence-electron chi connectivity index (χ3n) is 4.39. The number of nitrogens with one attached hydrogen (secondary N) is 2. The summed E-state index contributed by atoms with van der Waals surface area (Å²) in [5, 5.41) is 5.01. The zero-order chi connectivity index (χ0) is 14.5. The Morgan fingerprint density at radius 2 is 2.10 bits per heavy atom. The van der Waals surface area contributed by atoms with Crippen LogP contribution in [0.2, 0.25) is 0 Å². The molecule has 0 bridgehead atoms. The minimum atomic E-state index is -0.398. The van der Waals surface area contributed by atoms with Crippen molar-refractivity contribution in [3.05, 3.63) is 0 Å². The molecular weight excluding hydrogens is 256 g/mol. The van der Waals surface area contributed by atoms with Crippen molar-refractivity contribution in [2.24, 2.45) is 17.6 Å². The number of nitrogens with two attached hydrogens (primary N) is 1. The third kappa shape index (κ3) is 3.93. The molecule has 1 aliphatic heterocycles. The molecule has 114 valence electrons. The molecule has 1 heterocycles. The normalized spacial score (nSPS) is 29.8. The van der Waals surface area contributed by atoms with Crippen LogP contribution in [0.3, 0.4) is 0 Å². The average molecular weight is 282 g/mol. The molecule has 3 unspecified atom stereocenters. The number of rotatable bonds is 4. The van der Waals surface area contributed by atoms with Crippen molar-refractivity contribution < 1.29 is 9.59 Å². The summed E-state index contributed by atoms with van der Waals surface area (Å²) in [6.07, 6.45) is 4.37. The first-order valence-corrected chi connectivity index (χ1v) is 7.65. The van der Waals surface area contributed by atoms with Gasteiger partial charge in [0.25, 0.3) is 0 Å². The predicted molar refractivity (Wildman–Crippen MR) is 77.1 cm³/mol. The monoisotopic (exact) mass is 282 g/mol. The second kappa shape index (κ2) is 7.04. The second-order valence-electron chi connectivity index (χ2n) is 6.02. The number of hydrogen-bond acceptors (Lipinski definition) is 4. The fourth-order valence-electron chi connectivity index (χ4n) is 3.39. The van der Waals surface area contributed by atoms with Gasteiger partial charge in [0.05, 0.1) is 6.54 Å². The molecule has 1 saturated carbocycles. The lowest BCUT2D eigenvalue weighted by molar-refractivity contribution is -0.121. The summed E-state index contributed by atoms with van der Waals surface area (Å²) in [6, 6.07) is -0.125.